The van der Waals surface area contributed by atoms with Gasteiger partial charge in [-0.3, -0.25) is 9.36 Å². The van der Waals surface area contributed by atoms with Crippen molar-refractivity contribution in [3.05, 3.63) is 42.1 Å². The first-order chi connectivity index (χ1) is 15.1. The number of anilines is 1. The van der Waals surface area contributed by atoms with Crippen LogP contribution in [0.15, 0.2) is 30.9 Å². The van der Waals surface area contributed by atoms with Crippen molar-refractivity contribution in [2.75, 3.05) is 5.32 Å². The second kappa shape index (κ2) is 8.78. The molecule has 0 amide bonds. The Labute approximate surface area is 183 Å². The van der Waals surface area contributed by atoms with Crippen LogP contribution in [0.1, 0.15) is 49.8 Å². The van der Waals surface area contributed by atoms with E-state index in [0.717, 1.165) is 61.8 Å². The zero-order valence-corrected chi connectivity index (χ0v) is 18.5. The number of rotatable bonds is 8. The summed E-state index contributed by atoms with van der Waals surface area (Å²) in [7, 11) is 3.99. The van der Waals surface area contributed by atoms with E-state index in [4.69, 9.17) is 4.98 Å². The maximum atomic E-state index is 4.84. The third-order valence-electron chi connectivity index (χ3n) is 6.59. The summed E-state index contributed by atoms with van der Waals surface area (Å²) in [6.45, 7) is 0.885. The summed E-state index contributed by atoms with van der Waals surface area (Å²) in [5.41, 5.74) is 4.63. The number of hydrogen-bond donors (Lipinski definition) is 2. The van der Waals surface area contributed by atoms with Gasteiger partial charge in [0.25, 0.3) is 0 Å². The van der Waals surface area contributed by atoms with Crippen LogP contribution in [0.5, 0.6) is 0 Å². The fourth-order valence-corrected chi connectivity index (χ4v) is 4.54. The molecule has 3 aromatic rings. The number of nitrogens with zero attached hydrogens (tertiary/aromatic N) is 6. The van der Waals surface area contributed by atoms with Crippen LogP contribution in [-0.2, 0) is 27.1 Å². The van der Waals surface area contributed by atoms with Crippen LogP contribution in [0.4, 0.5) is 5.95 Å². The molecule has 5 rings (SSSR count). The summed E-state index contributed by atoms with van der Waals surface area (Å²) in [4.78, 5) is 9.33. The molecule has 31 heavy (non-hydrogen) atoms. The number of nitrogens with one attached hydrogen (secondary N) is 2. The number of aryl methyl sites for hydroxylation is 2. The van der Waals surface area contributed by atoms with Crippen molar-refractivity contribution in [2.45, 2.75) is 63.6 Å². The fraction of sp³-hybridized carbons (Fsp3) is 0.565. The molecule has 0 unspecified atom stereocenters. The maximum absolute atomic E-state index is 4.84. The molecule has 2 aliphatic carbocycles. The van der Waals surface area contributed by atoms with Crippen molar-refractivity contribution in [1.29, 1.82) is 0 Å². The van der Waals surface area contributed by atoms with E-state index in [-0.39, 0.29) is 0 Å². The minimum absolute atomic E-state index is 0.423. The molecule has 0 bridgehead atoms. The first-order valence-corrected chi connectivity index (χ1v) is 11.5. The summed E-state index contributed by atoms with van der Waals surface area (Å²) in [5, 5.41) is 16.0. The molecule has 0 atom stereocenters. The minimum Gasteiger partial charge on any atom is -0.351 e. The van der Waals surface area contributed by atoms with E-state index >= 15 is 0 Å². The van der Waals surface area contributed by atoms with E-state index in [1.807, 2.05) is 48.1 Å². The van der Waals surface area contributed by atoms with Crippen LogP contribution in [0.25, 0.3) is 11.3 Å². The molecule has 0 aliphatic heterocycles. The summed E-state index contributed by atoms with van der Waals surface area (Å²) in [6, 6.07) is 2.98. The highest BCUT2D eigenvalue weighted by atomic mass is 15.3. The van der Waals surface area contributed by atoms with Crippen LogP contribution in [-0.4, -0.2) is 41.6 Å². The quantitative estimate of drug-likeness (QED) is 0.583. The van der Waals surface area contributed by atoms with E-state index in [1.54, 1.807) is 0 Å². The molecule has 2 aliphatic rings. The Morgan fingerprint density at radius 2 is 1.81 bits per heavy atom. The molecule has 2 N–H and O–H groups in total. The Morgan fingerprint density at radius 1 is 1.00 bits per heavy atom. The van der Waals surface area contributed by atoms with Gasteiger partial charge in [0.2, 0.25) is 5.95 Å². The van der Waals surface area contributed by atoms with Crippen LogP contribution < -0.4 is 10.6 Å². The zero-order chi connectivity index (χ0) is 21.2. The van der Waals surface area contributed by atoms with Gasteiger partial charge in [-0.1, -0.05) is 0 Å². The summed E-state index contributed by atoms with van der Waals surface area (Å²) in [5.74, 6) is 1.54. The molecule has 2 saturated carbocycles. The first kappa shape index (κ1) is 20.2. The SMILES string of the molecule is Cn1cc(CNC2CCC(Nc3nccc(-c4cnn(C)c4CC4CC4)n3)CC2)cn1. The van der Waals surface area contributed by atoms with E-state index < -0.39 is 0 Å². The lowest BCUT2D eigenvalue weighted by molar-refractivity contribution is 0.352. The molecule has 8 nitrogen and oxygen atoms in total. The maximum Gasteiger partial charge on any atom is 0.223 e. The average molecular weight is 421 g/mol. The Hall–Kier alpha value is -2.74. The van der Waals surface area contributed by atoms with E-state index in [9.17, 15) is 0 Å². The molecule has 0 saturated heterocycles. The van der Waals surface area contributed by atoms with Gasteiger partial charge in [-0.2, -0.15) is 10.2 Å². The van der Waals surface area contributed by atoms with Crippen molar-refractivity contribution in [1.82, 2.24) is 34.8 Å². The van der Waals surface area contributed by atoms with Crippen molar-refractivity contribution in [3.63, 3.8) is 0 Å². The third kappa shape index (κ3) is 4.95. The zero-order valence-electron chi connectivity index (χ0n) is 18.5. The standard InChI is InChI=1S/C23H32N8/c1-30-15-17(13-26-30)12-25-18-5-7-19(8-6-18)28-23-24-10-9-21(29-23)20-14-27-31(2)22(20)11-16-3-4-16/h9-10,13-16,18-19,25H,3-8,11-12H2,1-2H3,(H,24,28,29). The second-order valence-corrected chi connectivity index (χ2v) is 9.14. The summed E-state index contributed by atoms with van der Waals surface area (Å²) in [6.07, 6.45) is 16.1. The molecule has 0 radical (unpaired) electrons. The van der Waals surface area contributed by atoms with Crippen molar-refractivity contribution in [2.24, 2.45) is 20.0 Å². The first-order valence-electron chi connectivity index (χ1n) is 11.5. The lowest BCUT2D eigenvalue weighted by Crippen LogP contribution is -2.36. The van der Waals surface area contributed by atoms with Gasteiger partial charge in [0.05, 0.1) is 18.1 Å². The molecule has 3 aromatic heterocycles. The highest BCUT2D eigenvalue weighted by Crippen LogP contribution is 2.35. The minimum atomic E-state index is 0.423. The van der Waals surface area contributed by atoms with Crippen molar-refractivity contribution < 1.29 is 0 Å². The predicted octanol–water partition coefficient (Wildman–Crippen LogP) is 3.08. The number of hydrogen-bond acceptors (Lipinski definition) is 6. The molecule has 8 heteroatoms. The van der Waals surface area contributed by atoms with Crippen LogP contribution >= 0.6 is 0 Å². The summed E-state index contributed by atoms with van der Waals surface area (Å²) < 4.78 is 3.86. The molecule has 164 valence electrons. The van der Waals surface area contributed by atoms with Gasteiger partial charge >= 0.3 is 0 Å². The van der Waals surface area contributed by atoms with Gasteiger partial charge in [-0.25, -0.2) is 9.97 Å². The second-order valence-electron chi connectivity index (χ2n) is 9.14. The molecular weight excluding hydrogens is 388 g/mol. The lowest BCUT2D eigenvalue weighted by Gasteiger charge is -2.29. The highest BCUT2D eigenvalue weighted by Gasteiger charge is 2.26. The molecular formula is C23H32N8. The molecule has 0 spiro atoms. The smallest absolute Gasteiger partial charge is 0.223 e. The van der Waals surface area contributed by atoms with Crippen molar-refractivity contribution in [3.8, 4) is 11.3 Å². The van der Waals surface area contributed by atoms with E-state index in [0.29, 0.717) is 12.1 Å². The van der Waals surface area contributed by atoms with Crippen LogP contribution in [0.3, 0.4) is 0 Å². The van der Waals surface area contributed by atoms with Gasteiger partial charge in [-0.05, 0) is 56.9 Å². The van der Waals surface area contributed by atoms with Crippen LogP contribution in [0, 0.1) is 5.92 Å². The Kier molecular flexibility index (Phi) is 5.72. The average Bonchev–Trinajstić information content (AvgIpc) is 3.39. The van der Waals surface area contributed by atoms with Gasteiger partial charge in [-0.15, -0.1) is 0 Å². The van der Waals surface area contributed by atoms with Crippen molar-refractivity contribution >= 4 is 5.95 Å². The lowest BCUT2D eigenvalue weighted by atomic mass is 9.91. The normalized spacial score (nSPS) is 21.4. The monoisotopic (exact) mass is 420 g/mol. The third-order valence-corrected chi connectivity index (χ3v) is 6.59. The van der Waals surface area contributed by atoms with E-state index in [1.165, 1.54) is 24.1 Å². The topological polar surface area (TPSA) is 85.5 Å². The van der Waals surface area contributed by atoms with Gasteiger partial charge in [0.15, 0.2) is 0 Å². The highest BCUT2D eigenvalue weighted by molar-refractivity contribution is 5.62. The van der Waals surface area contributed by atoms with Gasteiger partial charge < -0.3 is 10.6 Å². The number of aromatic nitrogens is 6. The Morgan fingerprint density at radius 3 is 2.55 bits per heavy atom. The fourth-order valence-electron chi connectivity index (χ4n) is 4.54. The molecule has 2 fully saturated rings. The van der Waals surface area contributed by atoms with Gasteiger partial charge in [0.1, 0.15) is 0 Å². The predicted molar refractivity (Wildman–Crippen MR) is 120 cm³/mol. The Bertz CT molecular complexity index is 1010. The summed E-state index contributed by atoms with van der Waals surface area (Å²) >= 11 is 0. The van der Waals surface area contributed by atoms with E-state index in [2.05, 4.69) is 32.0 Å². The van der Waals surface area contributed by atoms with Gasteiger partial charge in [0, 0.05) is 61.9 Å². The van der Waals surface area contributed by atoms with Crippen LogP contribution in [0.2, 0.25) is 0 Å². The Balaban J connectivity index is 1.16. The largest absolute Gasteiger partial charge is 0.351 e. The molecule has 0 aromatic carbocycles. The molecule has 3 heterocycles.